The van der Waals surface area contributed by atoms with Gasteiger partial charge in [-0.05, 0) is 49.7 Å². The van der Waals surface area contributed by atoms with E-state index >= 15 is 0 Å². The molecular formula is C12H16ClN3O2. The Hall–Kier alpha value is -1.33. The van der Waals surface area contributed by atoms with Crippen LogP contribution in [0.3, 0.4) is 0 Å². The Morgan fingerprint density at radius 1 is 1.22 bits per heavy atom. The molecule has 0 aliphatic rings. The van der Waals surface area contributed by atoms with E-state index in [0.29, 0.717) is 22.8 Å². The summed E-state index contributed by atoms with van der Waals surface area (Å²) in [6, 6.07) is 3.36. The zero-order valence-electron chi connectivity index (χ0n) is 10.3. The third kappa shape index (κ3) is 3.58. The van der Waals surface area contributed by atoms with Crippen molar-refractivity contribution in [3.05, 3.63) is 23.2 Å². The molecular weight excluding hydrogens is 254 g/mol. The molecule has 18 heavy (non-hydrogen) atoms. The fourth-order valence-electron chi connectivity index (χ4n) is 1.55. The van der Waals surface area contributed by atoms with Crippen molar-refractivity contribution in [2.75, 3.05) is 13.1 Å². The van der Waals surface area contributed by atoms with Crippen LogP contribution in [0.5, 0.6) is 0 Å². The molecule has 1 N–H and O–H groups in total. The normalized spacial score (nSPS) is 11.0. The third-order valence-electron chi connectivity index (χ3n) is 2.42. The van der Waals surface area contributed by atoms with Crippen LogP contribution in [0.25, 0.3) is 11.7 Å². The summed E-state index contributed by atoms with van der Waals surface area (Å²) >= 11 is 5.68. The van der Waals surface area contributed by atoms with Crippen molar-refractivity contribution in [3.63, 3.8) is 0 Å². The maximum Gasteiger partial charge on any atom is 0.283 e. The third-order valence-corrected chi connectivity index (χ3v) is 2.62. The molecule has 0 saturated carbocycles. The average molecular weight is 270 g/mol. The second-order valence-electron chi connectivity index (χ2n) is 3.96. The number of rotatable bonds is 7. The van der Waals surface area contributed by atoms with Crippen molar-refractivity contribution in [1.82, 2.24) is 15.5 Å². The SMILES string of the molecule is CCCNCCCc1nnc(-c2ccc(Cl)o2)o1. The molecule has 0 radical (unpaired) electrons. The Kier molecular flexibility index (Phi) is 4.78. The molecule has 2 heterocycles. The molecule has 0 bridgehead atoms. The highest BCUT2D eigenvalue weighted by atomic mass is 35.5. The second kappa shape index (κ2) is 6.56. The Morgan fingerprint density at radius 2 is 2.11 bits per heavy atom. The molecule has 0 aromatic carbocycles. The maximum absolute atomic E-state index is 5.68. The molecule has 2 rings (SSSR count). The summed E-state index contributed by atoms with van der Waals surface area (Å²) in [5.41, 5.74) is 0. The van der Waals surface area contributed by atoms with Crippen molar-refractivity contribution >= 4 is 11.6 Å². The van der Waals surface area contributed by atoms with Gasteiger partial charge >= 0.3 is 0 Å². The first-order valence-electron chi connectivity index (χ1n) is 6.08. The van der Waals surface area contributed by atoms with Crippen molar-refractivity contribution < 1.29 is 8.83 Å². The molecule has 0 aliphatic heterocycles. The van der Waals surface area contributed by atoms with Gasteiger partial charge in [-0.1, -0.05) is 6.92 Å². The monoisotopic (exact) mass is 269 g/mol. The zero-order valence-corrected chi connectivity index (χ0v) is 11.0. The molecule has 5 nitrogen and oxygen atoms in total. The van der Waals surface area contributed by atoms with E-state index in [1.807, 2.05) is 0 Å². The first-order chi connectivity index (χ1) is 8.79. The molecule has 6 heteroatoms. The smallest absolute Gasteiger partial charge is 0.283 e. The van der Waals surface area contributed by atoms with Crippen LogP contribution < -0.4 is 5.32 Å². The Labute approximate surface area is 111 Å². The van der Waals surface area contributed by atoms with Crippen LogP contribution >= 0.6 is 11.6 Å². The average Bonchev–Trinajstić information content (AvgIpc) is 2.97. The van der Waals surface area contributed by atoms with Crippen LogP contribution in [0.2, 0.25) is 5.22 Å². The molecule has 0 unspecified atom stereocenters. The summed E-state index contributed by atoms with van der Waals surface area (Å²) in [5.74, 6) is 1.50. The van der Waals surface area contributed by atoms with Gasteiger partial charge in [0.25, 0.3) is 5.89 Å². The first kappa shape index (κ1) is 13.1. The second-order valence-corrected chi connectivity index (χ2v) is 4.33. The van der Waals surface area contributed by atoms with E-state index in [2.05, 4.69) is 22.4 Å². The largest absolute Gasteiger partial charge is 0.440 e. The van der Waals surface area contributed by atoms with Gasteiger partial charge in [0.2, 0.25) is 5.89 Å². The standard InChI is InChI=1S/C12H16ClN3O2/c1-2-7-14-8-3-4-11-15-16-12(18-11)9-5-6-10(13)17-9/h5-6,14H,2-4,7-8H2,1H3. The van der Waals surface area contributed by atoms with E-state index in [4.69, 9.17) is 20.4 Å². The summed E-state index contributed by atoms with van der Waals surface area (Å²) < 4.78 is 10.7. The van der Waals surface area contributed by atoms with Gasteiger partial charge in [0.1, 0.15) is 0 Å². The molecule has 0 atom stereocenters. The van der Waals surface area contributed by atoms with E-state index in [9.17, 15) is 0 Å². The van der Waals surface area contributed by atoms with E-state index in [1.54, 1.807) is 12.1 Å². The number of nitrogens with zero attached hydrogens (tertiary/aromatic N) is 2. The predicted molar refractivity (Wildman–Crippen MR) is 68.5 cm³/mol. The number of hydrogen-bond donors (Lipinski definition) is 1. The maximum atomic E-state index is 5.68. The quantitative estimate of drug-likeness (QED) is 0.783. The van der Waals surface area contributed by atoms with Gasteiger partial charge < -0.3 is 14.2 Å². The lowest BCUT2D eigenvalue weighted by molar-refractivity contribution is 0.471. The van der Waals surface area contributed by atoms with E-state index in [-0.39, 0.29) is 0 Å². The summed E-state index contributed by atoms with van der Waals surface area (Å²) in [6.07, 6.45) is 2.88. The number of furan rings is 1. The molecule has 0 fully saturated rings. The Balaban J connectivity index is 1.83. The van der Waals surface area contributed by atoms with Gasteiger partial charge in [-0.3, -0.25) is 0 Å². The van der Waals surface area contributed by atoms with Gasteiger partial charge in [-0.2, -0.15) is 0 Å². The van der Waals surface area contributed by atoms with Gasteiger partial charge in [-0.15, -0.1) is 10.2 Å². The number of aromatic nitrogens is 2. The molecule has 0 aliphatic carbocycles. The highest BCUT2D eigenvalue weighted by Gasteiger charge is 2.11. The minimum absolute atomic E-state index is 0.313. The van der Waals surface area contributed by atoms with Crippen molar-refractivity contribution in [1.29, 1.82) is 0 Å². The molecule has 0 amide bonds. The van der Waals surface area contributed by atoms with Gasteiger partial charge in [0.05, 0.1) is 0 Å². The van der Waals surface area contributed by atoms with Crippen LogP contribution in [-0.4, -0.2) is 23.3 Å². The molecule has 2 aromatic rings. The zero-order chi connectivity index (χ0) is 12.8. The predicted octanol–water partition coefficient (Wildman–Crippen LogP) is 2.92. The van der Waals surface area contributed by atoms with E-state index in [1.165, 1.54) is 0 Å². The van der Waals surface area contributed by atoms with E-state index in [0.717, 1.165) is 32.4 Å². The van der Waals surface area contributed by atoms with Crippen molar-refractivity contribution in [2.24, 2.45) is 0 Å². The number of hydrogen-bond acceptors (Lipinski definition) is 5. The number of aryl methyl sites for hydroxylation is 1. The highest BCUT2D eigenvalue weighted by molar-refractivity contribution is 6.28. The van der Waals surface area contributed by atoms with Gasteiger partial charge in [0, 0.05) is 6.42 Å². The van der Waals surface area contributed by atoms with Crippen molar-refractivity contribution in [2.45, 2.75) is 26.2 Å². The van der Waals surface area contributed by atoms with Crippen LogP contribution in [-0.2, 0) is 6.42 Å². The Morgan fingerprint density at radius 3 is 2.83 bits per heavy atom. The minimum Gasteiger partial charge on any atom is -0.440 e. The highest BCUT2D eigenvalue weighted by Crippen LogP contribution is 2.23. The summed E-state index contributed by atoms with van der Waals surface area (Å²) in [6.45, 7) is 4.14. The number of nitrogens with one attached hydrogen (secondary N) is 1. The van der Waals surface area contributed by atoms with Crippen LogP contribution in [0.4, 0.5) is 0 Å². The topological polar surface area (TPSA) is 64.1 Å². The summed E-state index contributed by atoms with van der Waals surface area (Å²) in [4.78, 5) is 0. The summed E-state index contributed by atoms with van der Waals surface area (Å²) in [5, 5.41) is 11.5. The number of halogens is 1. The molecule has 98 valence electrons. The fourth-order valence-corrected chi connectivity index (χ4v) is 1.70. The lowest BCUT2D eigenvalue weighted by Crippen LogP contribution is -2.16. The van der Waals surface area contributed by atoms with Gasteiger partial charge in [0.15, 0.2) is 11.0 Å². The van der Waals surface area contributed by atoms with Crippen LogP contribution in [0.1, 0.15) is 25.7 Å². The molecule has 0 saturated heterocycles. The lowest BCUT2D eigenvalue weighted by atomic mass is 10.3. The molecule has 0 spiro atoms. The van der Waals surface area contributed by atoms with Crippen molar-refractivity contribution in [3.8, 4) is 11.7 Å². The van der Waals surface area contributed by atoms with Crippen LogP contribution in [0, 0.1) is 0 Å². The molecule has 2 aromatic heterocycles. The van der Waals surface area contributed by atoms with Crippen LogP contribution in [0.15, 0.2) is 21.0 Å². The lowest BCUT2D eigenvalue weighted by Gasteiger charge is -1.99. The summed E-state index contributed by atoms with van der Waals surface area (Å²) in [7, 11) is 0. The first-order valence-corrected chi connectivity index (χ1v) is 6.46. The van der Waals surface area contributed by atoms with E-state index < -0.39 is 0 Å². The fraction of sp³-hybridized carbons (Fsp3) is 0.500. The van der Waals surface area contributed by atoms with Gasteiger partial charge in [-0.25, -0.2) is 0 Å². The minimum atomic E-state index is 0.313. The Bertz CT molecular complexity index is 481.